The van der Waals surface area contributed by atoms with Crippen molar-refractivity contribution < 1.29 is 33.3 Å². The van der Waals surface area contributed by atoms with Crippen LogP contribution in [-0.4, -0.2) is 64.2 Å². The van der Waals surface area contributed by atoms with Gasteiger partial charge in [0.15, 0.2) is 16.6 Å². The average molecular weight is 734 g/mol. The molecule has 272 valence electrons. The van der Waals surface area contributed by atoms with Gasteiger partial charge in [0.2, 0.25) is 11.8 Å². The number of ether oxygens (including phenoxy) is 4. The Labute approximate surface area is 310 Å². The maximum absolute atomic E-state index is 11.0. The number of aryl methyl sites for hydroxylation is 2. The number of hydrogen-bond acceptors (Lipinski definition) is 11. The van der Waals surface area contributed by atoms with Crippen LogP contribution < -0.4 is 19.1 Å². The molecule has 7 rings (SSSR count). The van der Waals surface area contributed by atoms with E-state index in [0.29, 0.717) is 53.5 Å². The number of aliphatic carboxylic acids is 1. The van der Waals surface area contributed by atoms with Crippen LogP contribution in [0.1, 0.15) is 38.7 Å². The summed E-state index contributed by atoms with van der Waals surface area (Å²) in [5, 5.41) is 14.8. The Bertz CT molecular complexity index is 2200. The molecule has 4 heterocycles. The van der Waals surface area contributed by atoms with Gasteiger partial charge in [0.25, 0.3) is 0 Å². The third-order valence-electron chi connectivity index (χ3n) is 8.67. The molecule has 12 nitrogen and oxygen atoms in total. The first-order valence-electron chi connectivity index (χ1n) is 17.2. The van der Waals surface area contributed by atoms with Crippen LogP contribution in [0.15, 0.2) is 83.4 Å². The molecule has 1 aliphatic rings. The van der Waals surface area contributed by atoms with Crippen molar-refractivity contribution in [1.29, 1.82) is 0 Å². The molecule has 1 aliphatic heterocycles. The fourth-order valence-electron chi connectivity index (χ4n) is 5.76. The quantitative estimate of drug-likeness (QED) is 0.120. The zero-order valence-corrected chi connectivity index (χ0v) is 30.5. The van der Waals surface area contributed by atoms with Crippen molar-refractivity contribution in [1.82, 2.24) is 19.7 Å². The van der Waals surface area contributed by atoms with Gasteiger partial charge in [-0.25, -0.2) is 14.6 Å². The largest absolute Gasteiger partial charge is 0.493 e. The van der Waals surface area contributed by atoms with Crippen LogP contribution in [0.5, 0.6) is 17.4 Å². The summed E-state index contributed by atoms with van der Waals surface area (Å²) in [5.41, 5.74) is 5.62. The van der Waals surface area contributed by atoms with Gasteiger partial charge in [-0.3, -0.25) is 4.79 Å². The highest BCUT2D eigenvalue weighted by atomic mass is 32.1. The van der Waals surface area contributed by atoms with Crippen LogP contribution in [0, 0.1) is 13.8 Å². The number of anilines is 1. The number of rotatable bonds is 14. The molecule has 3 aromatic carbocycles. The summed E-state index contributed by atoms with van der Waals surface area (Å²) in [6, 6.07) is 22.7. The van der Waals surface area contributed by atoms with Gasteiger partial charge >= 0.3 is 5.97 Å². The molecule has 1 fully saturated rings. The minimum Gasteiger partial charge on any atom is -0.493 e. The standard InChI is InChI=1S/C40H39N5O7S/c1-26-34(41-38(52-26)30-12-9-28(10-13-30)22-37(46)47)25-50-35-16-11-29(21-36(35)48-3)24-51-39-31(23-45(43-39)32-7-5-4-6-8-32)14-15-33-27(2)53-40(42-33)44-17-19-49-20-18-44/h4-16,21,23H,17-20,22,24-25H2,1-3H3,(H,46,47)/b15-14+. The van der Waals surface area contributed by atoms with Crippen molar-refractivity contribution in [3.05, 3.63) is 118 Å². The molecule has 0 radical (unpaired) electrons. The summed E-state index contributed by atoms with van der Waals surface area (Å²) in [6.45, 7) is 7.43. The van der Waals surface area contributed by atoms with Crippen LogP contribution in [-0.2, 0) is 29.2 Å². The Balaban J connectivity index is 1.04. The van der Waals surface area contributed by atoms with Gasteiger partial charge in [-0.1, -0.05) is 36.4 Å². The molecular formula is C40H39N5O7S. The van der Waals surface area contributed by atoms with Crippen molar-refractivity contribution in [2.75, 3.05) is 38.3 Å². The third-order valence-corrected chi connectivity index (χ3v) is 9.72. The predicted molar refractivity (Wildman–Crippen MR) is 202 cm³/mol. The molecule has 1 N–H and O–H groups in total. The van der Waals surface area contributed by atoms with Crippen LogP contribution in [0.3, 0.4) is 0 Å². The van der Waals surface area contributed by atoms with E-state index >= 15 is 0 Å². The monoisotopic (exact) mass is 733 g/mol. The molecule has 13 heteroatoms. The molecule has 0 bridgehead atoms. The van der Waals surface area contributed by atoms with Crippen molar-refractivity contribution in [3.8, 4) is 34.5 Å². The molecule has 1 saturated heterocycles. The zero-order valence-electron chi connectivity index (χ0n) is 29.7. The molecule has 3 aromatic heterocycles. The maximum Gasteiger partial charge on any atom is 0.307 e. The van der Waals surface area contributed by atoms with Crippen LogP contribution in [0.2, 0.25) is 0 Å². The summed E-state index contributed by atoms with van der Waals surface area (Å²) in [6.07, 6.45) is 5.92. The Kier molecular flexibility index (Phi) is 10.8. The number of oxazole rings is 1. The smallest absolute Gasteiger partial charge is 0.307 e. The summed E-state index contributed by atoms with van der Waals surface area (Å²) < 4.78 is 31.4. The van der Waals surface area contributed by atoms with E-state index in [2.05, 4.69) is 16.8 Å². The lowest BCUT2D eigenvalue weighted by atomic mass is 10.1. The number of methoxy groups -OCH3 is 1. The lowest BCUT2D eigenvalue weighted by Crippen LogP contribution is -2.36. The van der Waals surface area contributed by atoms with Gasteiger partial charge in [0.1, 0.15) is 24.7 Å². The first-order valence-corrected chi connectivity index (χ1v) is 18.0. The number of carbonyl (C=O) groups is 1. The van der Waals surface area contributed by atoms with E-state index in [9.17, 15) is 4.79 Å². The second-order valence-corrected chi connectivity index (χ2v) is 13.6. The first-order chi connectivity index (χ1) is 25.8. The molecular weight excluding hydrogens is 695 g/mol. The number of benzene rings is 3. The second kappa shape index (κ2) is 16.2. The molecule has 0 saturated carbocycles. The van der Waals surface area contributed by atoms with E-state index < -0.39 is 5.97 Å². The van der Waals surface area contributed by atoms with E-state index in [1.807, 2.05) is 78.5 Å². The highest BCUT2D eigenvalue weighted by Crippen LogP contribution is 2.32. The molecule has 0 aliphatic carbocycles. The van der Waals surface area contributed by atoms with Crippen LogP contribution in [0.4, 0.5) is 5.13 Å². The lowest BCUT2D eigenvalue weighted by molar-refractivity contribution is -0.136. The van der Waals surface area contributed by atoms with Crippen LogP contribution in [0.25, 0.3) is 29.3 Å². The Morgan fingerprint density at radius 3 is 2.45 bits per heavy atom. The number of carboxylic acids is 1. The fraction of sp³-hybridized carbons (Fsp3) is 0.250. The Morgan fingerprint density at radius 2 is 1.70 bits per heavy atom. The van der Waals surface area contributed by atoms with E-state index in [1.54, 1.807) is 42.7 Å². The summed E-state index contributed by atoms with van der Waals surface area (Å²) in [7, 11) is 1.59. The topological polar surface area (TPSA) is 134 Å². The van der Waals surface area contributed by atoms with Gasteiger partial charge in [0.05, 0.1) is 43.7 Å². The van der Waals surface area contributed by atoms with E-state index in [-0.39, 0.29) is 19.6 Å². The number of nitrogens with zero attached hydrogens (tertiary/aromatic N) is 5. The molecule has 0 amide bonds. The SMILES string of the molecule is COc1cc(COc2nn(-c3ccccc3)cc2/C=C/c2nc(N3CCOCC3)sc2C)ccc1OCc1nc(-c2ccc(CC(=O)O)cc2)oc1C. The number of thiazole rings is 1. The molecule has 0 unspecified atom stereocenters. The summed E-state index contributed by atoms with van der Waals surface area (Å²) >= 11 is 1.69. The maximum atomic E-state index is 11.0. The second-order valence-electron chi connectivity index (χ2n) is 12.4. The highest BCUT2D eigenvalue weighted by molar-refractivity contribution is 7.15. The normalized spacial score (nSPS) is 13.1. The summed E-state index contributed by atoms with van der Waals surface area (Å²) in [5.74, 6) is 1.76. The average Bonchev–Trinajstić information content (AvgIpc) is 3.89. The zero-order chi connectivity index (χ0) is 36.7. The molecule has 6 aromatic rings. The number of morpholine rings is 1. The van der Waals surface area contributed by atoms with Crippen molar-refractivity contribution in [2.24, 2.45) is 0 Å². The number of para-hydroxylation sites is 1. The van der Waals surface area contributed by atoms with Crippen LogP contribution >= 0.6 is 11.3 Å². The van der Waals surface area contributed by atoms with E-state index in [4.69, 9.17) is 38.6 Å². The highest BCUT2D eigenvalue weighted by Gasteiger charge is 2.18. The third kappa shape index (κ3) is 8.59. The minimum atomic E-state index is -0.880. The Hall–Kier alpha value is -5.92. The first kappa shape index (κ1) is 35.5. The fourth-order valence-corrected chi connectivity index (χ4v) is 6.71. The van der Waals surface area contributed by atoms with Gasteiger partial charge < -0.3 is 33.4 Å². The molecule has 0 spiro atoms. The van der Waals surface area contributed by atoms with E-state index in [1.165, 1.54) is 0 Å². The van der Waals surface area contributed by atoms with Crippen molar-refractivity contribution in [3.63, 3.8) is 0 Å². The lowest BCUT2D eigenvalue weighted by Gasteiger charge is -2.25. The number of carboxylic acid groups (broad SMARTS) is 1. The van der Waals surface area contributed by atoms with Gasteiger partial charge in [0, 0.05) is 29.7 Å². The summed E-state index contributed by atoms with van der Waals surface area (Å²) in [4.78, 5) is 24.0. The van der Waals surface area contributed by atoms with Gasteiger partial charge in [-0.2, -0.15) is 0 Å². The minimum absolute atomic E-state index is 0.0433. The van der Waals surface area contributed by atoms with E-state index in [0.717, 1.165) is 51.2 Å². The Morgan fingerprint density at radius 1 is 0.925 bits per heavy atom. The molecule has 0 atom stereocenters. The van der Waals surface area contributed by atoms with Crippen molar-refractivity contribution in [2.45, 2.75) is 33.5 Å². The van der Waals surface area contributed by atoms with Crippen molar-refractivity contribution >= 4 is 34.6 Å². The van der Waals surface area contributed by atoms with Gasteiger partial charge in [-0.05, 0) is 73.5 Å². The molecule has 53 heavy (non-hydrogen) atoms. The number of aromatic nitrogens is 4. The predicted octanol–water partition coefficient (Wildman–Crippen LogP) is 7.40. The van der Waals surface area contributed by atoms with Gasteiger partial charge in [-0.15, -0.1) is 16.4 Å². The number of hydrogen-bond donors (Lipinski definition) is 1.